The molecule has 2 radical (unpaired) electrons. The summed E-state index contributed by atoms with van der Waals surface area (Å²) in [7, 11) is 0.211. The zero-order chi connectivity index (χ0) is 23.7. The number of nitrogens with one attached hydrogen (secondary N) is 1. The van der Waals surface area contributed by atoms with E-state index in [0.717, 1.165) is 0 Å². The number of pyridine rings is 1. The molecular formula is C21H30ClN3O5Si. The summed E-state index contributed by atoms with van der Waals surface area (Å²) in [6.07, 6.45) is 1.42. The number of aromatic nitrogens is 3. The second kappa shape index (κ2) is 9.26. The minimum atomic E-state index is -0.759. The van der Waals surface area contributed by atoms with Gasteiger partial charge in [-0.15, -0.1) is 0 Å². The van der Waals surface area contributed by atoms with E-state index in [-0.39, 0.29) is 55.2 Å². The summed E-state index contributed by atoms with van der Waals surface area (Å²) in [5.41, 5.74) is -2.07. The normalized spacial score (nSPS) is 13.6. The Morgan fingerprint density at radius 2 is 1.87 bits per heavy atom. The number of fused-ring (bicyclic) bond motifs is 1. The molecule has 0 saturated carbocycles. The molecule has 2 aromatic rings. The molecule has 0 aliphatic carbocycles. The largest absolute Gasteiger partial charge is 0.462 e. The highest BCUT2D eigenvalue weighted by Crippen LogP contribution is 2.36. The molecule has 1 N–H and O–H groups in total. The van der Waals surface area contributed by atoms with Crippen molar-refractivity contribution >= 4 is 38.5 Å². The number of rotatable bonds is 7. The molecule has 170 valence electrons. The Morgan fingerprint density at radius 3 is 2.39 bits per heavy atom. The van der Waals surface area contributed by atoms with E-state index >= 15 is 0 Å². The van der Waals surface area contributed by atoms with Gasteiger partial charge in [0, 0.05) is 6.20 Å². The number of aromatic amines is 1. The molecule has 2 heterocycles. The molecule has 2 rings (SSSR count). The molecule has 0 saturated heterocycles. The summed E-state index contributed by atoms with van der Waals surface area (Å²) < 4.78 is 13.1. The van der Waals surface area contributed by atoms with E-state index in [4.69, 9.17) is 20.8 Å². The average Bonchev–Trinajstić information content (AvgIpc) is 2.63. The van der Waals surface area contributed by atoms with E-state index in [9.17, 15) is 14.4 Å². The van der Waals surface area contributed by atoms with Gasteiger partial charge in [0.2, 0.25) is 15.2 Å². The van der Waals surface area contributed by atoms with Crippen molar-refractivity contribution in [3.63, 3.8) is 0 Å². The first-order valence-electron chi connectivity index (χ1n) is 10.2. The van der Waals surface area contributed by atoms with Crippen LogP contribution in [0.2, 0.25) is 10.2 Å². The zero-order valence-corrected chi connectivity index (χ0v) is 21.0. The summed E-state index contributed by atoms with van der Waals surface area (Å²) in [4.78, 5) is 44.4. The van der Waals surface area contributed by atoms with Crippen LogP contribution in [0.3, 0.4) is 0 Å². The standard InChI is InChI=1S/C21H30ClN3O5Si/c1-9-29-19(28)12-10-25(17-13(14(12)26)23-16(22)18(27)24-17)15(11(2)3)21(7,8)30-31-20(4,5)6/h10-11,15H,9H2,1-8H3,(H,24,27)/t15-/m0/s1. The molecule has 0 amide bonds. The molecule has 0 aliphatic heterocycles. The number of H-pyrrole nitrogens is 1. The van der Waals surface area contributed by atoms with E-state index in [2.05, 4.69) is 30.7 Å². The Hall–Kier alpha value is -1.97. The first kappa shape index (κ1) is 25.3. The van der Waals surface area contributed by atoms with Crippen LogP contribution in [0, 0.1) is 5.92 Å². The van der Waals surface area contributed by atoms with Gasteiger partial charge >= 0.3 is 5.97 Å². The summed E-state index contributed by atoms with van der Waals surface area (Å²) >= 11 is 5.89. The van der Waals surface area contributed by atoms with Gasteiger partial charge in [-0.1, -0.05) is 46.2 Å². The zero-order valence-electron chi connectivity index (χ0n) is 19.3. The second-order valence-corrected chi connectivity index (χ2v) is 11.6. The average molecular weight is 468 g/mol. The molecule has 31 heavy (non-hydrogen) atoms. The fourth-order valence-electron chi connectivity index (χ4n) is 3.53. The number of hydrogen-bond donors (Lipinski definition) is 1. The smallest absolute Gasteiger partial charge is 0.343 e. The number of carbonyl (C=O) groups is 1. The Morgan fingerprint density at radius 1 is 1.26 bits per heavy atom. The van der Waals surface area contributed by atoms with Gasteiger partial charge in [-0.05, 0) is 31.7 Å². The lowest BCUT2D eigenvalue weighted by atomic mass is 9.88. The molecule has 0 fully saturated rings. The van der Waals surface area contributed by atoms with Crippen molar-refractivity contribution in [3.8, 4) is 0 Å². The Balaban J connectivity index is 2.84. The molecule has 1 atom stereocenters. The van der Waals surface area contributed by atoms with Gasteiger partial charge in [0.05, 0.1) is 18.2 Å². The summed E-state index contributed by atoms with van der Waals surface area (Å²) in [5, 5.41) is -0.410. The van der Waals surface area contributed by atoms with Gasteiger partial charge in [0.25, 0.3) is 5.56 Å². The quantitative estimate of drug-likeness (QED) is 0.491. The Labute approximate surface area is 189 Å². The van der Waals surface area contributed by atoms with Crippen LogP contribution in [0.5, 0.6) is 0 Å². The molecule has 0 bridgehead atoms. The van der Waals surface area contributed by atoms with Crippen molar-refractivity contribution in [3.05, 3.63) is 37.5 Å². The highest BCUT2D eigenvalue weighted by molar-refractivity contribution is 6.31. The minimum absolute atomic E-state index is 0.0136. The van der Waals surface area contributed by atoms with Crippen LogP contribution in [0.4, 0.5) is 0 Å². The number of halogens is 1. The Kier molecular flexibility index (Phi) is 7.55. The summed E-state index contributed by atoms with van der Waals surface area (Å²) in [5.74, 6) is -0.746. The molecule has 0 unspecified atom stereocenters. The van der Waals surface area contributed by atoms with Gasteiger partial charge in [-0.25, -0.2) is 9.78 Å². The van der Waals surface area contributed by atoms with Crippen molar-refractivity contribution in [2.45, 2.75) is 72.1 Å². The highest BCUT2D eigenvalue weighted by Gasteiger charge is 2.37. The summed E-state index contributed by atoms with van der Waals surface area (Å²) in [6, 6.07) is -0.350. The highest BCUT2D eigenvalue weighted by atomic mass is 35.5. The number of ether oxygens (including phenoxy) is 1. The molecule has 8 nitrogen and oxygen atoms in total. The predicted octanol–water partition coefficient (Wildman–Crippen LogP) is 3.74. The van der Waals surface area contributed by atoms with E-state index in [0.29, 0.717) is 0 Å². The third-order valence-electron chi connectivity index (χ3n) is 4.60. The molecule has 0 aromatic carbocycles. The van der Waals surface area contributed by atoms with E-state index in [1.54, 1.807) is 11.5 Å². The van der Waals surface area contributed by atoms with Gasteiger partial charge in [0.1, 0.15) is 11.2 Å². The maximum Gasteiger partial charge on any atom is 0.343 e. The van der Waals surface area contributed by atoms with Crippen LogP contribution in [-0.2, 0) is 9.16 Å². The van der Waals surface area contributed by atoms with Crippen LogP contribution >= 0.6 is 11.6 Å². The topological polar surface area (TPSA) is 103 Å². The lowest BCUT2D eigenvalue weighted by molar-refractivity contribution is 0.0284. The molecule has 10 heteroatoms. The van der Waals surface area contributed by atoms with Gasteiger partial charge in [-0.2, -0.15) is 0 Å². The van der Waals surface area contributed by atoms with Gasteiger partial charge in [0.15, 0.2) is 10.7 Å². The van der Waals surface area contributed by atoms with E-state index in [1.807, 2.05) is 27.7 Å². The van der Waals surface area contributed by atoms with Crippen LogP contribution in [-0.4, -0.2) is 42.5 Å². The van der Waals surface area contributed by atoms with Crippen LogP contribution in [0.25, 0.3) is 11.2 Å². The van der Waals surface area contributed by atoms with Crippen molar-refractivity contribution in [1.29, 1.82) is 0 Å². The Bertz CT molecular complexity index is 1090. The molecular weight excluding hydrogens is 438 g/mol. The second-order valence-electron chi connectivity index (χ2n) is 9.30. The van der Waals surface area contributed by atoms with Crippen molar-refractivity contribution < 1.29 is 14.0 Å². The molecule has 2 aromatic heterocycles. The van der Waals surface area contributed by atoms with Crippen molar-refractivity contribution in [2.24, 2.45) is 5.92 Å². The predicted molar refractivity (Wildman–Crippen MR) is 122 cm³/mol. The number of carbonyl (C=O) groups excluding carboxylic acids is 1. The fraction of sp³-hybridized carbons (Fsp3) is 0.619. The van der Waals surface area contributed by atoms with E-state index < -0.39 is 22.6 Å². The third kappa shape index (κ3) is 5.64. The van der Waals surface area contributed by atoms with Crippen molar-refractivity contribution in [2.75, 3.05) is 6.61 Å². The maximum absolute atomic E-state index is 13.0. The van der Waals surface area contributed by atoms with Crippen molar-refractivity contribution in [1.82, 2.24) is 14.5 Å². The van der Waals surface area contributed by atoms with Crippen LogP contribution < -0.4 is 11.0 Å². The first-order chi connectivity index (χ1) is 14.2. The lowest BCUT2D eigenvalue weighted by Gasteiger charge is -2.40. The number of hydrogen-bond acceptors (Lipinski definition) is 6. The van der Waals surface area contributed by atoms with Crippen LogP contribution in [0.1, 0.15) is 71.8 Å². The number of esters is 1. The van der Waals surface area contributed by atoms with E-state index in [1.165, 1.54) is 6.20 Å². The van der Waals surface area contributed by atoms with Crippen LogP contribution in [0.15, 0.2) is 15.8 Å². The van der Waals surface area contributed by atoms with Gasteiger partial charge < -0.3 is 18.7 Å². The first-order valence-corrected chi connectivity index (χ1v) is 11.4. The molecule has 0 aliphatic rings. The van der Waals surface area contributed by atoms with Gasteiger partial charge in [-0.3, -0.25) is 9.59 Å². The monoisotopic (exact) mass is 467 g/mol. The number of nitrogens with zero attached hydrogens (tertiary/aromatic N) is 2. The maximum atomic E-state index is 13.0. The molecule has 0 spiro atoms. The fourth-order valence-corrected chi connectivity index (χ4v) is 4.35. The third-order valence-corrected chi connectivity index (χ3v) is 6.10. The summed E-state index contributed by atoms with van der Waals surface area (Å²) in [6.45, 7) is 15.9. The SMILES string of the molecule is CCOC(=O)c1cn([C@@H](C(C)C)C(C)(C)O[Si]C(C)(C)C)c2[nH]c(=O)c(Cl)nc2c1=O. The minimum Gasteiger partial charge on any atom is -0.462 e. The lowest BCUT2D eigenvalue weighted by Crippen LogP contribution is -2.43.